The molecule has 1 aliphatic rings. The molecular weight excluding hydrogens is 358 g/mol. The maximum absolute atomic E-state index is 9.77. The average Bonchev–Trinajstić information content (AvgIpc) is 2.60. The number of aliphatic hydroxyl groups is 1. The Balaban J connectivity index is 1.82. The number of ether oxygens (including phenoxy) is 1. The molecular formula is C19H29N7O2. The Hall–Kier alpha value is -2.55. The van der Waals surface area contributed by atoms with Gasteiger partial charge in [-0.2, -0.15) is 15.0 Å². The SMILES string of the molecule is Cc1nc(OC(C)C)nc(N2[C@H](C)CN(c3ccnc([C@@H](C)O)n3)C[C@@H]2C)n1. The minimum atomic E-state index is -0.691. The first-order valence-electron chi connectivity index (χ1n) is 9.68. The molecule has 152 valence electrons. The minimum absolute atomic E-state index is 0.00206. The molecule has 0 radical (unpaired) electrons. The summed E-state index contributed by atoms with van der Waals surface area (Å²) in [7, 11) is 0. The van der Waals surface area contributed by atoms with Gasteiger partial charge in [0.25, 0.3) is 0 Å². The van der Waals surface area contributed by atoms with Gasteiger partial charge in [0.1, 0.15) is 17.7 Å². The van der Waals surface area contributed by atoms with Crippen molar-refractivity contribution in [2.75, 3.05) is 22.9 Å². The molecule has 28 heavy (non-hydrogen) atoms. The summed E-state index contributed by atoms with van der Waals surface area (Å²) in [5.41, 5.74) is 0. The molecule has 1 N–H and O–H groups in total. The first-order valence-corrected chi connectivity index (χ1v) is 9.68. The van der Waals surface area contributed by atoms with Crippen LogP contribution in [-0.4, -0.2) is 61.3 Å². The molecule has 9 heteroatoms. The van der Waals surface area contributed by atoms with Crippen molar-refractivity contribution >= 4 is 11.8 Å². The number of piperazine rings is 1. The lowest BCUT2D eigenvalue weighted by molar-refractivity contribution is 0.189. The van der Waals surface area contributed by atoms with Crippen molar-refractivity contribution in [2.45, 2.75) is 65.8 Å². The number of anilines is 2. The molecule has 3 heterocycles. The number of aliphatic hydroxyl groups excluding tert-OH is 1. The molecule has 0 saturated carbocycles. The van der Waals surface area contributed by atoms with Gasteiger partial charge < -0.3 is 19.6 Å². The Kier molecular flexibility index (Phi) is 5.93. The van der Waals surface area contributed by atoms with Gasteiger partial charge in [-0.3, -0.25) is 0 Å². The lowest BCUT2D eigenvalue weighted by Gasteiger charge is -2.44. The largest absolute Gasteiger partial charge is 0.461 e. The molecule has 1 saturated heterocycles. The molecule has 9 nitrogen and oxygen atoms in total. The Labute approximate surface area is 165 Å². The number of hydrogen-bond donors (Lipinski definition) is 1. The minimum Gasteiger partial charge on any atom is -0.461 e. The smallest absolute Gasteiger partial charge is 0.321 e. The highest BCUT2D eigenvalue weighted by atomic mass is 16.5. The summed E-state index contributed by atoms with van der Waals surface area (Å²) in [6.45, 7) is 13.2. The molecule has 0 spiro atoms. The van der Waals surface area contributed by atoms with Crippen LogP contribution in [0.3, 0.4) is 0 Å². The van der Waals surface area contributed by atoms with Crippen LogP contribution in [0, 0.1) is 6.92 Å². The van der Waals surface area contributed by atoms with E-state index in [2.05, 4.69) is 48.6 Å². The van der Waals surface area contributed by atoms with Crippen LogP contribution in [0.1, 0.15) is 52.4 Å². The summed E-state index contributed by atoms with van der Waals surface area (Å²) in [5, 5.41) is 9.77. The second-order valence-corrected chi connectivity index (χ2v) is 7.59. The van der Waals surface area contributed by atoms with Crippen molar-refractivity contribution in [1.29, 1.82) is 0 Å². The van der Waals surface area contributed by atoms with E-state index >= 15 is 0 Å². The predicted octanol–water partition coefficient (Wildman–Crippen LogP) is 1.91. The van der Waals surface area contributed by atoms with Gasteiger partial charge in [0, 0.05) is 31.4 Å². The summed E-state index contributed by atoms with van der Waals surface area (Å²) >= 11 is 0. The summed E-state index contributed by atoms with van der Waals surface area (Å²) in [5.74, 6) is 2.53. The quantitative estimate of drug-likeness (QED) is 0.824. The zero-order valence-electron chi connectivity index (χ0n) is 17.4. The molecule has 0 bridgehead atoms. The fourth-order valence-corrected chi connectivity index (χ4v) is 3.47. The average molecular weight is 387 g/mol. The summed E-state index contributed by atoms with van der Waals surface area (Å²) in [6, 6.07) is 2.55. The van der Waals surface area contributed by atoms with Gasteiger partial charge in [-0.15, -0.1) is 0 Å². The van der Waals surface area contributed by atoms with Gasteiger partial charge in [0.2, 0.25) is 5.95 Å². The van der Waals surface area contributed by atoms with E-state index in [-0.39, 0.29) is 18.2 Å². The van der Waals surface area contributed by atoms with Crippen molar-refractivity contribution in [3.63, 3.8) is 0 Å². The maximum atomic E-state index is 9.77. The second-order valence-electron chi connectivity index (χ2n) is 7.59. The molecule has 0 aliphatic carbocycles. The third kappa shape index (κ3) is 4.46. The van der Waals surface area contributed by atoms with Crippen LogP contribution in [0.5, 0.6) is 6.01 Å². The summed E-state index contributed by atoms with van der Waals surface area (Å²) in [6.07, 6.45) is 1.00. The van der Waals surface area contributed by atoms with Crippen molar-refractivity contribution < 1.29 is 9.84 Å². The fourth-order valence-electron chi connectivity index (χ4n) is 3.47. The maximum Gasteiger partial charge on any atom is 0.321 e. The Morgan fingerprint density at radius 2 is 1.75 bits per heavy atom. The third-order valence-corrected chi connectivity index (χ3v) is 4.56. The first kappa shape index (κ1) is 20.2. The number of aromatic nitrogens is 5. The van der Waals surface area contributed by atoms with Gasteiger partial charge >= 0.3 is 6.01 Å². The van der Waals surface area contributed by atoms with E-state index in [1.54, 1.807) is 13.1 Å². The van der Waals surface area contributed by atoms with Gasteiger partial charge in [-0.1, -0.05) is 0 Å². The van der Waals surface area contributed by atoms with Crippen molar-refractivity contribution in [2.24, 2.45) is 0 Å². The number of hydrogen-bond acceptors (Lipinski definition) is 9. The van der Waals surface area contributed by atoms with Crippen molar-refractivity contribution in [3.8, 4) is 6.01 Å². The molecule has 0 aromatic carbocycles. The van der Waals surface area contributed by atoms with E-state index in [1.807, 2.05) is 26.8 Å². The number of aryl methyl sites for hydroxylation is 1. The van der Waals surface area contributed by atoms with Crippen LogP contribution in [0.15, 0.2) is 12.3 Å². The summed E-state index contributed by atoms with van der Waals surface area (Å²) < 4.78 is 5.68. The monoisotopic (exact) mass is 387 g/mol. The topological polar surface area (TPSA) is 100 Å². The molecule has 3 atom stereocenters. The van der Waals surface area contributed by atoms with E-state index < -0.39 is 6.10 Å². The molecule has 3 rings (SSSR count). The highest BCUT2D eigenvalue weighted by Gasteiger charge is 2.32. The van der Waals surface area contributed by atoms with Crippen LogP contribution in [0.25, 0.3) is 0 Å². The zero-order chi connectivity index (χ0) is 20.4. The van der Waals surface area contributed by atoms with Crippen molar-refractivity contribution in [1.82, 2.24) is 24.9 Å². The molecule has 1 aliphatic heterocycles. The number of nitrogens with zero attached hydrogens (tertiary/aromatic N) is 7. The first-order chi connectivity index (χ1) is 13.2. The normalized spacial score (nSPS) is 21.1. The third-order valence-electron chi connectivity index (χ3n) is 4.56. The Bertz CT molecular complexity index is 803. The highest BCUT2D eigenvalue weighted by molar-refractivity contribution is 5.45. The van der Waals surface area contributed by atoms with Crippen LogP contribution in [-0.2, 0) is 0 Å². The van der Waals surface area contributed by atoms with Gasteiger partial charge in [0.05, 0.1) is 6.10 Å². The van der Waals surface area contributed by atoms with Gasteiger partial charge in [0.15, 0.2) is 5.82 Å². The lowest BCUT2D eigenvalue weighted by Crippen LogP contribution is -2.58. The predicted molar refractivity (Wildman–Crippen MR) is 107 cm³/mol. The van der Waals surface area contributed by atoms with E-state index in [0.717, 1.165) is 18.9 Å². The van der Waals surface area contributed by atoms with Crippen LogP contribution < -0.4 is 14.5 Å². The molecule has 2 aromatic rings. The zero-order valence-corrected chi connectivity index (χ0v) is 17.4. The van der Waals surface area contributed by atoms with Crippen LogP contribution in [0.4, 0.5) is 11.8 Å². The molecule has 0 unspecified atom stereocenters. The second kappa shape index (κ2) is 8.22. The van der Waals surface area contributed by atoms with Gasteiger partial charge in [-0.05, 0) is 47.6 Å². The van der Waals surface area contributed by atoms with Crippen LogP contribution >= 0.6 is 0 Å². The van der Waals surface area contributed by atoms with E-state index in [0.29, 0.717) is 23.6 Å². The Morgan fingerprint density at radius 3 is 2.36 bits per heavy atom. The van der Waals surface area contributed by atoms with Gasteiger partial charge in [-0.25, -0.2) is 9.97 Å². The molecule has 2 aromatic heterocycles. The Morgan fingerprint density at radius 1 is 1.07 bits per heavy atom. The molecule has 1 fully saturated rings. The van der Waals surface area contributed by atoms with Crippen molar-refractivity contribution in [3.05, 3.63) is 23.9 Å². The van der Waals surface area contributed by atoms with Crippen LogP contribution in [0.2, 0.25) is 0 Å². The van der Waals surface area contributed by atoms with E-state index in [1.165, 1.54) is 0 Å². The fraction of sp³-hybridized carbons (Fsp3) is 0.632. The standard InChI is InChI=1S/C19H29N7O2/c1-11(2)28-19-22-15(6)21-18(24-19)26-12(3)9-25(10-13(26)4)16-7-8-20-17(23-16)14(5)27/h7-8,11-14,27H,9-10H2,1-6H3/t12-,13+,14-/m1/s1. The summed E-state index contributed by atoms with van der Waals surface area (Å²) in [4.78, 5) is 26.4. The number of rotatable bonds is 5. The highest BCUT2D eigenvalue weighted by Crippen LogP contribution is 2.26. The van der Waals surface area contributed by atoms with E-state index in [9.17, 15) is 5.11 Å². The molecule has 0 amide bonds. The lowest BCUT2D eigenvalue weighted by atomic mass is 10.1. The van der Waals surface area contributed by atoms with E-state index in [4.69, 9.17) is 4.74 Å².